The molecular formula is C19H33NO. The van der Waals surface area contributed by atoms with Crippen molar-refractivity contribution in [1.82, 2.24) is 5.32 Å². The van der Waals surface area contributed by atoms with Gasteiger partial charge in [0.25, 0.3) is 0 Å². The van der Waals surface area contributed by atoms with E-state index in [0.717, 1.165) is 25.1 Å². The summed E-state index contributed by atoms with van der Waals surface area (Å²) in [6, 6.07) is 8.40. The van der Waals surface area contributed by atoms with Crippen LogP contribution in [0.25, 0.3) is 0 Å². The molecule has 1 aromatic rings. The number of rotatable bonds is 9. The number of benzene rings is 1. The first-order valence-corrected chi connectivity index (χ1v) is 8.44. The van der Waals surface area contributed by atoms with Crippen molar-refractivity contribution in [2.75, 3.05) is 13.1 Å². The van der Waals surface area contributed by atoms with E-state index in [-0.39, 0.29) is 11.5 Å². The summed E-state index contributed by atoms with van der Waals surface area (Å²) < 4.78 is 0. The lowest BCUT2D eigenvalue weighted by Gasteiger charge is -2.20. The van der Waals surface area contributed by atoms with Gasteiger partial charge < -0.3 is 10.4 Å². The number of unbranched alkanes of at least 4 members (excludes halogenated alkanes) is 3. The normalized spacial score (nSPS) is 13.4. The topological polar surface area (TPSA) is 32.3 Å². The Balaban J connectivity index is 2.27. The van der Waals surface area contributed by atoms with E-state index in [0.29, 0.717) is 0 Å². The maximum atomic E-state index is 10.2. The number of nitrogens with one attached hydrogen (secondary N) is 1. The van der Waals surface area contributed by atoms with Crippen molar-refractivity contribution < 1.29 is 5.11 Å². The molecule has 21 heavy (non-hydrogen) atoms. The SMILES string of the molecule is CCCCCCNCCC(O)c1ccc(C(C)(C)C)cc1. The van der Waals surface area contributed by atoms with Gasteiger partial charge in [0.15, 0.2) is 0 Å². The molecule has 0 radical (unpaired) electrons. The van der Waals surface area contributed by atoms with E-state index in [9.17, 15) is 5.11 Å². The molecule has 0 aliphatic heterocycles. The first-order chi connectivity index (χ1) is 9.95. The highest BCUT2D eigenvalue weighted by Crippen LogP contribution is 2.24. The van der Waals surface area contributed by atoms with Crippen molar-refractivity contribution in [2.24, 2.45) is 0 Å². The predicted octanol–water partition coefficient (Wildman–Crippen LogP) is 4.58. The second kappa shape index (κ2) is 9.22. The van der Waals surface area contributed by atoms with Crippen LogP contribution >= 0.6 is 0 Å². The van der Waals surface area contributed by atoms with Crippen molar-refractivity contribution in [3.8, 4) is 0 Å². The third-order valence-electron chi connectivity index (χ3n) is 3.96. The fraction of sp³-hybridized carbons (Fsp3) is 0.684. The van der Waals surface area contributed by atoms with Gasteiger partial charge in [0.1, 0.15) is 0 Å². The fourth-order valence-electron chi connectivity index (χ4n) is 2.41. The first-order valence-electron chi connectivity index (χ1n) is 8.44. The Morgan fingerprint density at radius 3 is 2.24 bits per heavy atom. The maximum Gasteiger partial charge on any atom is 0.0802 e. The molecule has 0 aliphatic carbocycles. The summed E-state index contributed by atoms with van der Waals surface area (Å²) in [4.78, 5) is 0. The van der Waals surface area contributed by atoms with E-state index < -0.39 is 0 Å². The van der Waals surface area contributed by atoms with Gasteiger partial charge in [-0.2, -0.15) is 0 Å². The van der Waals surface area contributed by atoms with Gasteiger partial charge in [-0.15, -0.1) is 0 Å². The van der Waals surface area contributed by atoms with E-state index in [1.807, 2.05) is 0 Å². The zero-order valence-corrected chi connectivity index (χ0v) is 14.3. The largest absolute Gasteiger partial charge is 0.388 e. The van der Waals surface area contributed by atoms with Crippen molar-refractivity contribution in [1.29, 1.82) is 0 Å². The highest BCUT2D eigenvalue weighted by molar-refractivity contribution is 5.28. The number of aliphatic hydroxyl groups excluding tert-OH is 1. The van der Waals surface area contributed by atoms with Gasteiger partial charge in [0.2, 0.25) is 0 Å². The lowest BCUT2D eigenvalue weighted by molar-refractivity contribution is 0.167. The summed E-state index contributed by atoms with van der Waals surface area (Å²) in [6.07, 6.45) is 5.57. The molecule has 2 heteroatoms. The molecule has 120 valence electrons. The van der Waals surface area contributed by atoms with Crippen LogP contribution < -0.4 is 5.32 Å². The molecule has 2 N–H and O–H groups in total. The van der Waals surface area contributed by atoms with Gasteiger partial charge in [-0.25, -0.2) is 0 Å². The van der Waals surface area contributed by atoms with E-state index in [1.165, 1.54) is 31.2 Å². The Morgan fingerprint density at radius 2 is 1.67 bits per heavy atom. The smallest absolute Gasteiger partial charge is 0.0802 e. The van der Waals surface area contributed by atoms with Crippen LogP contribution in [0, 0.1) is 0 Å². The van der Waals surface area contributed by atoms with Crippen molar-refractivity contribution >= 4 is 0 Å². The monoisotopic (exact) mass is 291 g/mol. The van der Waals surface area contributed by atoms with Crippen LogP contribution in [0.2, 0.25) is 0 Å². The van der Waals surface area contributed by atoms with Crippen LogP contribution in [0.5, 0.6) is 0 Å². The van der Waals surface area contributed by atoms with Gasteiger partial charge in [0.05, 0.1) is 6.10 Å². The molecule has 0 saturated heterocycles. The maximum absolute atomic E-state index is 10.2. The molecule has 0 amide bonds. The van der Waals surface area contributed by atoms with Gasteiger partial charge >= 0.3 is 0 Å². The molecular weight excluding hydrogens is 258 g/mol. The summed E-state index contributed by atoms with van der Waals surface area (Å²) in [5, 5.41) is 13.6. The van der Waals surface area contributed by atoms with E-state index >= 15 is 0 Å². The lowest BCUT2D eigenvalue weighted by atomic mass is 9.86. The Labute approximate surface area is 131 Å². The highest BCUT2D eigenvalue weighted by atomic mass is 16.3. The molecule has 0 heterocycles. The van der Waals surface area contributed by atoms with Crippen LogP contribution in [0.4, 0.5) is 0 Å². The van der Waals surface area contributed by atoms with Gasteiger partial charge in [-0.3, -0.25) is 0 Å². The van der Waals surface area contributed by atoms with Crippen LogP contribution in [0.15, 0.2) is 24.3 Å². The summed E-state index contributed by atoms with van der Waals surface area (Å²) >= 11 is 0. The molecule has 2 nitrogen and oxygen atoms in total. The molecule has 0 bridgehead atoms. The molecule has 1 aromatic carbocycles. The van der Waals surface area contributed by atoms with E-state index in [1.54, 1.807) is 0 Å². The van der Waals surface area contributed by atoms with Crippen molar-refractivity contribution in [3.05, 3.63) is 35.4 Å². The minimum atomic E-state index is -0.359. The number of aliphatic hydroxyl groups is 1. The van der Waals surface area contributed by atoms with Crippen LogP contribution in [0.3, 0.4) is 0 Å². The fourth-order valence-corrected chi connectivity index (χ4v) is 2.41. The van der Waals surface area contributed by atoms with Crippen molar-refractivity contribution in [3.63, 3.8) is 0 Å². The Hall–Kier alpha value is -0.860. The minimum Gasteiger partial charge on any atom is -0.388 e. The molecule has 0 fully saturated rings. The molecule has 0 aromatic heterocycles. The van der Waals surface area contributed by atoms with Gasteiger partial charge in [-0.05, 0) is 42.5 Å². The predicted molar refractivity (Wildman–Crippen MR) is 91.7 cm³/mol. The zero-order chi connectivity index (χ0) is 15.7. The summed E-state index contributed by atoms with van der Waals surface area (Å²) in [5.41, 5.74) is 2.51. The third kappa shape index (κ3) is 7.10. The second-order valence-electron chi connectivity index (χ2n) is 6.99. The standard InChI is InChI=1S/C19H33NO/c1-5-6-7-8-14-20-15-13-18(21)16-9-11-17(12-10-16)19(2,3)4/h9-12,18,20-21H,5-8,13-15H2,1-4H3. The second-order valence-corrected chi connectivity index (χ2v) is 6.99. The summed E-state index contributed by atoms with van der Waals surface area (Å²) in [6.45, 7) is 10.8. The average Bonchev–Trinajstić information content (AvgIpc) is 2.45. The van der Waals surface area contributed by atoms with Gasteiger partial charge in [-0.1, -0.05) is 71.2 Å². The third-order valence-corrected chi connectivity index (χ3v) is 3.96. The molecule has 1 rings (SSSR count). The number of hydrogen-bond donors (Lipinski definition) is 2. The Kier molecular flexibility index (Phi) is 7.98. The zero-order valence-electron chi connectivity index (χ0n) is 14.3. The lowest BCUT2D eigenvalue weighted by Crippen LogP contribution is -2.19. The summed E-state index contributed by atoms with van der Waals surface area (Å²) in [5.74, 6) is 0. The molecule has 1 unspecified atom stereocenters. The van der Waals surface area contributed by atoms with Crippen LogP contribution in [-0.4, -0.2) is 18.2 Å². The molecule has 0 spiro atoms. The Bertz CT molecular complexity index is 378. The van der Waals surface area contributed by atoms with Gasteiger partial charge in [0, 0.05) is 0 Å². The minimum absolute atomic E-state index is 0.170. The molecule has 0 saturated carbocycles. The molecule has 1 atom stereocenters. The quantitative estimate of drug-likeness (QED) is 0.653. The number of hydrogen-bond acceptors (Lipinski definition) is 2. The first kappa shape index (κ1) is 18.2. The summed E-state index contributed by atoms with van der Waals surface area (Å²) in [7, 11) is 0. The average molecular weight is 291 g/mol. The van der Waals surface area contributed by atoms with Crippen LogP contribution in [-0.2, 0) is 5.41 Å². The highest BCUT2D eigenvalue weighted by Gasteiger charge is 2.14. The van der Waals surface area contributed by atoms with Crippen molar-refractivity contribution in [2.45, 2.75) is 71.3 Å². The van der Waals surface area contributed by atoms with E-state index in [2.05, 4.69) is 57.3 Å². The molecule has 0 aliphatic rings. The van der Waals surface area contributed by atoms with E-state index in [4.69, 9.17) is 0 Å². The Morgan fingerprint density at radius 1 is 1.00 bits per heavy atom. The van der Waals surface area contributed by atoms with Crippen LogP contribution in [0.1, 0.15) is 77.0 Å².